The second-order valence-corrected chi connectivity index (χ2v) is 7.98. The highest BCUT2D eigenvalue weighted by molar-refractivity contribution is 6.05. The Morgan fingerprint density at radius 1 is 1.09 bits per heavy atom. The largest absolute Gasteiger partial charge is 0.382 e. The summed E-state index contributed by atoms with van der Waals surface area (Å²) < 4.78 is 55.7. The van der Waals surface area contributed by atoms with Crippen molar-refractivity contribution < 1.29 is 22.7 Å². The summed E-state index contributed by atoms with van der Waals surface area (Å²) in [7, 11) is 1.51. The molecule has 1 aromatic heterocycles. The summed E-state index contributed by atoms with van der Waals surface area (Å²) in [5.41, 5.74) is 5.15. The molecule has 0 bridgehead atoms. The molecule has 33 heavy (non-hydrogen) atoms. The Morgan fingerprint density at radius 2 is 1.79 bits per heavy atom. The molecular formula is C23H23F4N5O. The van der Waals surface area contributed by atoms with Crippen LogP contribution in [0.3, 0.4) is 0 Å². The Morgan fingerprint density at radius 3 is 2.39 bits per heavy atom. The topological polar surface area (TPSA) is 91.6 Å². The minimum atomic E-state index is -2.84. The molecule has 5 N–H and O–H groups in total. The van der Waals surface area contributed by atoms with E-state index >= 15 is 0 Å². The molecule has 0 fully saturated rings. The predicted molar refractivity (Wildman–Crippen MR) is 121 cm³/mol. The summed E-state index contributed by atoms with van der Waals surface area (Å²) in [6, 6.07) is 7.23. The van der Waals surface area contributed by atoms with Gasteiger partial charge in [-0.1, -0.05) is 11.8 Å². The van der Waals surface area contributed by atoms with Crippen LogP contribution in [-0.4, -0.2) is 35.7 Å². The third-order valence-corrected chi connectivity index (χ3v) is 4.58. The van der Waals surface area contributed by atoms with Crippen molar-refractivity contribution in [2.45, 2.75) is 25.9 Å². The van der Waals surface area contributed by atoms with Crippen LogP contribution in [0.25, 0.3) is 10.8 Å². The number of alkyl halides is 2. The number of aliphatic hydroxyl groups is 1. The van der Waals surface area contributed by atoms with Crippen molar-refractivity contribution in [3.63, 3.8) is 0 Å². The van der Waals surface area contributed by atoms with Gasteiger partial charge in [-0.3, -0.25) is 0 Å². The van der Waals surface area contributed by atoms with Crippen molar-refractivity contribution in [2.24, 2.45) is 5.84 Å². The first-order valence-corrected chi connectivity index (χ1v) is 9.84. The molecule has 0 spiro atoms. The second-order valence-electron chi connectivity index (χ2n) is 7.98. The fourth-order valence-electron chi connectivity index (χ4n) is 3.33. The molecule has 0 aliphatic carbocycles. The van der Waals surface area contributed by atoms with Crippen molar-refractivity contribution in [3.8, 4) is 11.8 Å². The number of nitrogens with two attached hydrogens (primary N) is 2. The van der Waals surface area contributed by atoms with Crippen LogP contribution in [0.15, 0.2) is 36.4 Å². The van der Waals surface area contributed by atoms with Gasteiger partial charge in [0.15, 0.2) is 5.82 Å². The molecule has 0 radical (unpaired) electrons. The van der Waals surface area contributed by atoms with Crippen LogP contribution >= 0.6 is 0 Å². The normalized spacial score (nSPS) is 11.5. The molecule has 0 amide bonds. The second kappa shape index (κ2) is 9.13. The standard InChI is InChI=1S/C23H23F4N5O/c1-23(2,33)7-6-13-8-15(25)10-16(9-13)32(12-19(26)27)22-18-11-14(24)4-5-17(18)20(31(3)29)21(28)30-22/h4-5,8-11,19,33H,12,29H2,1-3H3,(H2,28,30). The van der Waals surface area contributed by atoms with Gasteiger partial charge in [-0.15, -0.1) is 0 Å². The number of hydrazine groups is 1. The maximum Gasteiger partial charge on any atom is 0.256 e. The minimum absolute atomic E-state index is 0.00154. The highest BCUT2D eigenvalue weighted by Crippen LogP contribution is 2.39. The molecule has 3 aromatic rings. The fourth-order valence-corrected chi connectivity index (χ4v) is 3.33. The smallest absolute Gasteiger partial charge is 0.256 e. The summed E-state index contributed by atoms with van der Waals surface area (Å²) in [5.74, 6) is 9.47. The van der Waals surface area contributed by atoms with Gasteiger partial charge in [0.2, 0.25) is 0 Å². The maximum atomic E-state index is 14.4. The highest BCUT2D eigenvalue weighted by atomic mass is 19.3. The molecule has 0 aliphatic heterocycles. The Balaban J connectivity index is 2.29. The number of hydrogen-bond donors (Lipinski definition) is 3. The number of fused-ring (bicyclic) bond motifs is 1. The van der Waals surface area contributed by atoms with Gasteiger partial charge >= 0.3 is 0 Å². The molecule has 0 unspecified atom stereocenters. The molecule has 0 saturated heterocycles. The van der Waals surface area contributed by atoms with E-state index in [2.05, 4.69) is 16.8 Å². The quantitative estimate of drug-likeness (QED) is 0.231. The van der Waals surface area contributed by atoms with Gasteiger partial charge in [0, 0.05) is 29.1 Å². The molecular weight excluding hydrogens is 438 g/mol. The average molecular weight is 461 g/mol. The van der Waals surface area contributed by atoms with Crippen LogP contribution in [0.5, 0.6) is 0 Å². The number of anilines is 4. The van der Waals surface area contributed by atoms with Gasteiger partial charge in [-0.25, -0.2) is 28.4 Å². The van der Waals surface area contributed by atoms with E-state index in [1.165, 1.54) is 44.1 Å². The molecule has 0 atom stereocenters. The van der Waals surface area contributed by atoms with Gasteiger partial charge in [-0.2, -0.15) is 0 Å². The first kappa shape index (κ1) is 24.1. The predicted octanol–water partition coefficient (Wildman–Crippen LogP) is 3.93. The average Bonchev–Trinajstić information content (AvgIpc) is 2.69. The minimum Gasteiger partial charge on any atom is -0.382 e. The van der Waals surface area contributed by atoms with Crippen molar-refractivity contribution in [2.75, 3.05) is 29.2 Å². The van der Waals surface area contributed by atoms with Crippen molar-refractivity contribution >= 4 is 33.8 Å². The van der Waals surface area contributed by atoms with E-state index < -0.39 is 30.2 Å². The van der Waals surface area contributed by atoms with E-state index in [9.17, 15) is 22.7 Å². The lowest BCUT2D eigenvalue weighted by atomic mass is 10.1. The molecule has 6 nitrogen and oxygen atoms in total. The summed E-state index contributed by atoms with van der Waals surface area (Å²) in [6.07, 6.45) is -2.84. The third kappa shape index (κ3) is 5.63. The lowest BCUT2D eigenvalue weighted by Gasteiger charge is -2.27. The molecule has 10 heteroatoms. The van der Waals surface area contributed by atoms with Crippen LogP contribution in [0.1, 0.15) is 19.4 Å². The number of nitrogens with zero attached hydrogens (tertiary/aromatic N) is 3. The first-order valence-electron chi connectivity index (χ1n) is 9.84. The molecule has 2 aromatic carbocycles. The van der Waals surface area contributed by atoms with E-state index in [1.807, 2.05) is 0 Å². The number of rotatable bonds is 5. The van der Waals surface area contributed by atoms with Gasteiger partial charge < -0.3 is 20.7 Å². The van der Waals surface area contributed by atoms with Crippen LogP contribution in [0.2, 0.25) is 0 Å². The molecule has 0 saturated carbocycles. The lowest BCUT2D eigenvalue weighted by Crippen LogP contribution is -2.29. The zero-order valence-electron chi connectivity index (χ0n) is 18.2. The summed E-state index contributed by atoms with van der Waals surface area (Å²) in [6.45, 7) is 2.02. The Bertz CT molecular complexity index is 1250. The van der Waals surface area contributed by atoms with Crippen molar-refractivity contribution in [1.82, 2.24) is 4.98 Å². The number of hydrogen-bond acceptors (Lipinski definition) is 6. The number of benzene rings is 2. The monoisotopic (exact) mass is 461 g/mol. The molecule has 0 aliphatic rings. The molecule has 3 rings (SSSR count). The van der Waals surface area contributed by atoms with Gasteiger partial charge in [0.05, 0.1) is 6.54 Å². The third-order valence-electron chi connectivity index (χ3n) is 4.58. The van der Waals surface area contributed by atoms with E-state index in [0.717, 1.165) is 23.1 Å². The van der Waals surface area contributed by atoms with E-state index in [0.29, 0.717) is 5.39 Å². The van der Waals surface area contributed by atoms with Crippen LogP contribution in [-0.2, 0) is 0 Å². The van der Waals surface area contributed by atoms with Gasteiger partial charge in [-0.05, 0) is 50.2 Å². The first-order chi connectivity index (χ1) is 15.4. The van der Waals surface area contributed by atoms with E-state index in [-0.39, 0.29) is 34.0 Å². The number of nitrogen functional groups attached to an aromatic ring is 1. The zero-order valence-corrected chi connectivity index (χ0v) is 18.2. The summed E-state index contributed by atoms with van der Waals surface area (Å²) >= 11 is 0. The van der Waals surface area contributed by atoms with Crippen molar-refractivity contribution in [1.29, 1.82) is 0 Å². The van der Waals surface area contributed by atoms with Crippen LogP contribution in [0, 0.1) is 23.5 Å². The van der Waals surface area contributed by atoms with E-state index in [1.54, 1.807) is 0 Å². The number of pyridine rings is 1. The summed E-state index contributed by atoms with van der Waals surface area (Å²) in [4.78, 5) is 5.26. The molecule has 174 valence electrons. The number of aromatic nitrogens is 1. The van der Waals surface area contributed by atoms with Crippen molar-refractivity contribution in [3.05, 3.63) is 53.6 Å². The zero-order chi connectivity index (χ0) is 24.5. The Kier molecular flexibility index (Phi) is 6.67. The molecule has 1 heterocycles. The van der Waals surface area contributed by atoms with Crippen LogP contribution < -0.4 is 21.5 Å². The highest BCUT2D eigenvalue weighted by Gasteiger charge is 2.23. The van der Waals surface area contributed by atoms with Gasteiger partial charge in [0.25, 0.3) is 6.43 Å². The van der Waals surface area contributed by atoms with Crippen LogP contribution in [0.4, 0.5) is 40.6 Å². The fraction of sp³-hybridized carbons (Fsp3) is 0.261. The lowest BCUT2D eigenvalue weighted by molar-refractivity contribution is 0.143. The Hall–Kier alpha value is -3.55. The SMILES string of the molecule is CN(N)c1c(N)nc(N(CC(F)F)c2cc(F)cc(C#CC(C)(C)O)c2)c2cc(F)ccc12. The van der Waals surface area contributed by atoms with Gasteiger partial charge in [0.1, 0.15) is 28.7 Å². The summed E-state index contributed by atoms with van der Waals surface area (Å²) in [5, 5.41) is 11.5. The van der Waals surface area contributed by atoms with E-state index in [4.69, 9.17) is 11.6 Å². The Labute approximate surface area is 188 Å². The number of halogens is 4. The maximum absolute atomic E-state index is 14.4.